The van der Waals surface area contributed by atoms with E-state index in [9.17, 15) is 9.59 Å². The molecule has 2 aliphatic heterocycles. The molecule has 1 atom stereocenters. The minimum Gasteiger partial charge on any atom is -0.378 e. The van der Waals surface area contributed by atoms with Crippen LogP contribution in [0.5, 0.6) is 0 Å². The lowest BCUT2D eigenvalue weighted by atomic mass is 9.96. The molecule has 0 N–H and O–H groups in total. The molecular weight excluding hydrogens is 346 g/mol. The zero-order chi connectivity index (χ0) is 18.8. The number of carbonyl (C=O) groups excluding carboxylic acids is 2. The van der Waals surface area contributed by atoms with Gasteiger partial charge in [0.1, 0.15) is 11.4 Å². The summed E-state index contributed by atoms with van der Waals surface area (Å²) in [6.07, 6.45) is 7.08. The van der Waals surface area contributed by atoms with Gasteiger partial charge in [-0.15, -0.1) is 0 Å². The van der Waals surface area contributed by atoms with Gasteiger partial charge in [0.2, 0.25) is 5.91 Å². The fourth-order valence-electron chi connectivity index (χ4n) is 3.94. The molecule has 4 heterocycles. The van der Waals surface area contributed by atoms with Crippen LogP contribution in [0.3, 0.4) is 0 Å². The summed E-state index contributed by atoms with van der Waals surface area (Å²) in [5.41, 5.74) is 0.563. The van der Waals surface area contributed by atoms with Crippen molar-refractivity contribution in [2.75, 3.05) is 39.4 Å². The molecule has 0 aliphatic carbocycles. The van der Waals surface area contributed by atoms with E-state index in [1.54, 1.807) is 15.8 Å². The molecule has 0 aromatic carbocycles. The number of hydrogen-bond donors (Lipinski definition) is 0. The molecular formula is C19H25N5O3. The van der Waals surface area contributed by atoms with Crippen LogP contribution in [-0.2, 0) is 16.6 Å². The third-order valence-corrected chi connectivity index (χ3v) is 5.37. The van der Waals surface area contributed by atoms with Crippen LogP contribution in [0.15, 0.2) is 30.7 Å². The van der Waals surface area contributed by atoms with Gasteiger partial charge in [0.25, 0.3) is 5.91 Å². The average molecular weight is 371 g/mol. The van der Waals surface area contributed by atoms with E-state index >= 15 is 0 Å². The average Bonchev–Trinajstić information content (AvgIpc) is 3.37. The first kappa shape index (κ1) is 17.8. The van der Waals surface area contributed by atoms with E-state index in [2.05, 4.69) is 5.10 Å². The van der Waals surface area contributed by atoms with Crippen molar-refractivity contribution in [1.29, 1.82) is 0 Å². The molecule has 2 aliphatic rings. The van der Waals surface area contributed by atoms with Crippen molar-refractivity contribution < 1.29 is 14.3 Å². The van der Waals surface area contributed by atoms with E-state index in [1.165, 1.54) is 0 Å². The molecule has 144 valence electrons. The smallest absolute Gasteiger partial charge is 0.259 e. The second-order valence-corrected chi connectivity index (χ2v) is 7.12. The second-order valence-electron chi connectivity index (χ2n) is 7.12. The highest BCUT2D eigenvalue weighted by atomic mass is 16.5. The highest BCUT2D eigenvalue weighted by Crippen LogP contribution is 2.23. The number of carbonyl (C=O) groups is 2. The molecule has 0 saturated carbocycles. The van der Waals surface area contributed by atoms with Crippen LogP contribution in [0.25, 0.3) is 5.82 Å². The standard InChI is InChI=1S/C19H25N5O3/c1-21-17(22-6-2-3-7-22)16(13-20-21)19(26)24-8-4-5-15(14-24)18(25)23-9-11-27-12-10-23/h2-3,6-7,13,15H,4-5,8-12,14H2,1H3/t15-/m0/s1. The van der Waals surface area contributed by atoms with Crippen molar-refractivity contribution in [3.05, 3.63) is 36.3 Å². The van der Waals surface area contributed by atoms with Crippen molar-refractivity contribution in [2.24, 2.45) is 13.0 Å². The molecule has 2 aromatic heterocycles. The van der Waals surface area contributed by atoms with Crippen LogP contribution in [0.4, 0.5) is 0 Å². The molecule has 4 rings (SSSR count). The van der Waals surface area contributed by atoms with Crippen molar-refractivity contribution in [3.63, 3.8) is 0 Å². The Balaban J connectivity index is 1.50. The van der Waals surface area contributed by atoms with Crippen molar-refractivity contribution in [2.45, 2.75) is 12.8 Å². The number of aromatic nitrogens is 3. The first-order valence-corrected chi connectivity index (χ1v) is 9.46. The Morgan fingerprint density at radius 1 is 1.11 bits per heavy atom. The van der Waals surface area contributed by atoms with Crippen LogP contribution >= 0.6 is 0 Å². The Labute approximate surface area is 158 Å². The fourth-order valence-corrected chi connectivity index (χ4v) is 3.94. The Kier molecular flexibility index (Phi) is 4.98. The van der Waals surface area contributed by atoms with Crippen LogP contribution in [0.2, 0.25) is 0 Å². The summed E-state index contributed by atoms with van der Waals surface area (Å²) < 4.78 is 8.93. The number of morpholine rings is 1. The van der Waals surface area contributed by atoms with E-state index in [4.69, 9.17) is 4.74 Å². The predicted octanol–water partition coefficient (Wildman–Crippen LogP) is 0.922. The quantitative estimate of drug-likeness (QED) is 0.804. The lowest BCUT2D eigenvalue weighted by Gasteiger charge is -2.36. The summed E-state index contributed by atoms with van der Waals surface area (Å²) in [4.78, 5) is 29.7. The van der Waals surface area contributed by atoms with Crippen molar-refractivity contribution in [3.8, 4) is 5.82 Å². The zero-order valence-corrected chi connectivity index (χ0v) is 15.6. The van der Waals surface area contributed by atoms with E-state index in [0.717, 1.165) is 18.7 Å². The molecule has 0 bridgehead atoms. The van der Waals surface area contributed by atoms with Crippen LogP contribution < -0.4 is 0 Å². The normalized spacial score (nSPS) is 20.7. The molecule has 0 radical (unpaired) electrons. The number of hydrogen-bond acceptors (Lipinski definition) is 4. The van der Waals surface area contributed by atoms with Gasteiger partial charge >= 0.3 is 0 Å². The summed E-state index contributed by atoms with van der Waals surface area (Å²) in [6.45, 7) is 3.61. The number of amides is 2. The Bertz CT molecular complexity index is 807. The molecule has 0 unspecified atom stereocenters. The third kappa shape index (κ3) is 3.49. The Morgan fingerprint density at radius 3 is 2.59 bits per heavy atom. The predicted molar refractivity (Wildman–Crippen MR) is 98.6 cm³/mol. The summed E-state index contributed by atoms with van der Waals surface area (Å²) in [5, 5.41) is 4.28. The van der Waals surface area contributed by atoms with Crippen LogP contribution in [-0.4, -0.2) is 75.4 Å². The van der Waals surface area contributed by atoms with Gasteiger partial charge in [-0.3, -0.25) is 14.3 Å². The first-order chi connectivity index (χ1) is 13.1. The van der Waals surface area contributed by atoms with E-state index in [-0.39, 0.29) is 17.7 Å². The van der Waals surface area contributed by atoms with Crippen LogP contribution in [0.1, 0.15) is 23.2 Å². The largest absolute Gasteiger partial charge is 0.378 e. The van der Waals surface area contributed by atoms with Gasteiger partial charge in [-0.1, -0.05) is 0 Å². The van der Waals surface area contributed by atoms with Gasteiger partial charge in [-0.2, -0.15) is 5.10 Å². The van der Waals surface area contributed by atoms with Crippen molar-refractivity contribution in [1.82, 2.24) is 24.1 Å². The maximum atomic E-state index is 13.2. The van der Waals surface area contributed by atoms with Gasteiger partial charge in [-0.05, 0) is 25.0 Å². The summed E-state index contributed by atoms with van der Waals surface area (Å²) >= 11 is 0. The number of likely N-dealkylation sites (tertiary alicyclic amines) is 1. The lowest BCUT2D eigenvalue weighted by molar-refractivity contribution is -0.141. The van der Waals surface area contributed by atoms with Gasteiger partial charge in [-0.25, -0.2) is 0 Å². The minimum atomic E-state index is -0.132. The number of ether oxygens (including phenoxy) is 1. The Hall–Kier alpha value is -2.61. The number of rotatable bonds is 3. The Morgan fingerprint density at radius 2 is 1.85 bits per heavy atom. The van der Waals surface area contributed by atoms with Gasteiger partial charge in [0.15, 0.2) is 0 Å². The lowest BCUT2D eigenvalue weighted by Crippen LogP contribution is -2.49. The van der Waals surface area contributed by atoms with E-state index in [1.807, 2.05) is 41.0 Å². The fraction of sp³-hybridized carbons (Fsp3) is 0.526. The van der Waals surface area contributed by atoms with Crippen LogP contribution in [0, 0.1) is 5.92 Å². The molecule has 2 saturated heterocycles. The van der Waals surface area contributed by atoms with Gasteiger partial charge < -0.3 is 19.1 Å². The summed E-state index contributed by atoms with van der Waals surface area (Å²) in [6, 6.07) is 3.83. The third-order valence-electron chi connectivity index (χ3n) is 5.37. The topological polar surface area (TPSA) is 72.6 Å². The number of aryl methyl sites for hydroxylation is 1. The molecule has 27 heavy (non-hydrogen) atoms. The number of piperidine rings is 1. The summed E-state index contributed by atoms with van der Waals surface area (Å²) in [5.74, 6) is 0.693. The molecule has 2 fully saturated rings. The molecule has 2 amide bonds. The maximum absolute atomic E-state index is 13.2. The number of nitrogens with zero attached hydrogens (tertiary/aromatic N) is 5. The zero-order valence-electron chi connectivity index (χ0n) is 15.6. The highest BCUT2D eigenvalue weighted by molar-refractivity contribution is 5.97. The highest BCUT2D eigenvalue weighted by Gasteiger charge is 2.33. The SMILES string of the molecule is Cn1ncc(C(=O)N2CCC[C@H](C(=O)N3CCOCC3)C2)c1-n1cccc1. The minimum absolute atomic E-state index is 0.0636. The summed E-state index contributed by atoms with van der Waals surface area (Å²) in [7, 11) is 1.83. The molecule has 8 heteroatoms. The van der Waals surface area contributed by atoms with E-state index in [0.29, 0.717) is 45.0 Å². The first-order valence-electron chi connectivity index (χ1n) is 9.46. The van der Waals surface area contributed by atoms with E-state index < -0.39 is 0 Å². The monoisotopic (exact) mass is 371 g/mol. The molecule has 0 spiro atoms. The second kappa shape index (κ2) is 7.56. The molecule has 2 aromatic rings. The van der Waals surface area contributed by atoms with Gasteiger partial charge in [0, 0.05) is 45.6 Å². The van der Waals surface area contributed by atoms with Crippen molar-refractivity contribution >= 4 is 11.8 Å². The maximum Gasteiger partial charge on any atom is 0.259 e. The molecule has 8 nitrogen and oxygen atoms in total. The van der Waals surface area contributed by atoms with Gasteiger partial charge in [0.05, 0.1) is 25.3 Å².